The maximum absolute atomic E-state index is 12.9. The van der Waals surface area contributed by atoms with Gasteiger partial charge >= 0.3 is 0 Å². The van der Waals surface area contributed by atoms with Gasteiger partial charge in [0, 0.05) is 17.4 Å². The van der Waals surface area contributed by atoms with E-state index in [-0.39, 0.29) is 22.7 Å². The molecule has 32 heavy (non-hydrogen) atoms. The van der Waals surface area contributed by atoms with Crippen molar-refractivity contribution in [3.05, 3.63) is 82.7 Å². The van der Waals surface area contributed by atoms with Crippen LogP contribution in [0.3, 0.4) is 0 Å². The average molecular weight is 432 g/mol. The third-order valence-electron chi connectivity index (χ3n) is 4.88. The zero-order chi connectivity index (χ0) is 22.7. The number of carbonyl (C=O) groups excluding carboxylic acids is 1. The van der Waals surface area contributed by atoms with E-state index in [0.29, 0.717) is 12.3 Å². The van der Waals surface area contributed by atoms with Gasteiger partial charge in [0.1, 0.15) is 11.9 Å². The van der Waals surface area contributed by atoms with Crippen LogP contribution < -0.4 is 14.8 Å². The predicted octanol–water partition coefficient (Wildman–Crippen LogP) is 4.59. The van der Waals surface area contributed by atoms with Crippen LogP contribution in [0.4, 0.5) is 11.4 Å². The number of fused-ring (bicyclic) bond motifs is 1. The molecule has 0 aliphatic carbocycles. The second kappa shape index (κ2) is 8.76. The summed E-state index contributed by atoms with van der Waals surface area (Å²) in [6.45, 7) is 2.09. The number of imidazole rings is 1. The highest BCUT2D eigenvalue weighted by molar-refractivity contribution is 6.07. The number of rotatable bonds is 7. The van der Waals surface area contributed by atoms with E-state index in [0.717, 1.165) is 16.7 Å². The second-order valence-corrected chi connectivity index (χ2v) is 6.81. The molecule has 0 aliphatic heterocycles. The summed E-state index contributed by atoms with van der Waals surface area (Å²) in [5.74, 6) is -0.179. The van der Waals surface area contributed by atoms with E-state index >= 15 is 0 Å². The second-order valence-electron chi connectivity index (χ2n) is 6.81. The lowest BCUT2D eigenvalue weighted by Gasteiger charge is -2.12. The summed E-state index contributed by atoms with van der Waals surface area (Å²) in [5, 5.41) is 14.2. The van der Waals surface area contributed by atoms with Gasteiger partial charge in [-0.3, -0.25) is 19.5 Å². The van der Waals surface area contributed by atoms with Crippen molar-refractivity contribution in [3.63, 3.8) is 0 Å². The van der Waals surface area contributed by atoms with Crippen LogP contribution >= 0.6 is 0 Å². The summed E-state index contributed by atoms with van der Waals surface area (Å²) in [5.41, 5.74) is 2.70. The van der Waals surface area contributed by atoms with E-state index in [4.69, 9.17) is 9.47 Å². The summed E-state index contributed by atoms with van der Waals surface area (Å²) >= 11 is 0. The number of para-hydroxylation sites is 2. The zero-order valence-electron chi connectivity index (χ0n) is 17.4. The first kappa shape index (κ1) is 20.9. The summed E-state index contributed by atoms with van der Waals surface area (Å²) in [6, 6.07) is 17.4. The van der Waals surface area contributed by atoms with Crippen LogP contribution in [0.25, 0.3) is 16.7 Å². The number of ether oxygens (including phenoxy) is 2. The first-order valence-electron chi connectivity index (χ1n) is 9.85. The molecule has 1 heterocycles. The molecule has 0 saturated heterocycles. The molecule has 0 radical (unpaired) electrons. The summed E-state index contributed by atoms with van der Waals surface area (Å²) in [4.78, 5) is 28.1. The van der Waals surface area contributed by atoms with Crippen molar-refractivity contribution in [2.24, 2.45) is 0 Å². The van der Waals surface area contributed by atoms with E-state index < -0.39 is 10.8 Å². The molecule has 0 atom stereocenters. The fourth-order valence-corrected chi connectivity index (χ4v) is 3.38. The van der Waals surface area contributed by atoms with Crippen molar-refractivity contribution in [3.8, 4) is 17.2 Å². The van der Waals surface area contributed by atoms with Crippen LogP contribution in [-0.2, 0) is 0 Å². The number of hydrogen-bond acceptors (Lipinski definition) is 6. The molecule has 3 aromatic carbocycles. The molecular weight excluding hydrogens is 412 g/mol. The van der Waals surface area contributed by atoms with E-state index in [9.17, 15) is 14.9 Å². The number of hydrogen-bond donors (Lipinski definition) is 1. The van der Waals surface area contributed by atoms with Crippen LogP contribution in [0.5, 0.6) is 11.5 Å². The number of anilines is 1. The van der Waals surface area contributed by atoms with Crippen molar-refractivity contribution in [2.45, 2.75) is 6.92 Å². The number of nitro groups is 1. The van der Waals surface area contributed by atoms with Gasteiger partial charge < -0.3 is 14.8 Å². The molecule has 0 aliphatic rings. The third kappa shape index (κ3) is 3.95. The Hall–Kier alpha value is -4.40. The Labute approximate surface area is 183 Å². The number of carbonyl (C=O) groups is 1. The van der Waals surface area contributed by atoms with Crippen LogP contribution in [0, 0.1) is 10.1 Å². The first-order chi connectivity index (χ1) is 15.5. The Balaban J connectivity index is 1.61. The van der Waals surface area contributed by atoms with Gasteiger partial charge in [-0.2, -0.15) is 0 Å². The van der Waals surface area contributed by atoms with Gasteiger partial charge in [-0.1, -0.05) is 12.1 Å². The summed E-state index contributed by atoms with van der Waals surface area (Å²) in [7, 11) is 1.38. The molecule has 4 rings (SSSR count). The minimum absolute atomic E-state index is 0.121. The topological polar surface area (TPSA) is 109 Å². The minimum atomic E-state index is -0.625. The van der Waals surface area contributed by atoms with Gasteiger partial charge in [0.15, 0.2) is 11.5 Å². The molecule has 162 valence electrons. The number of benzene rings is 3. The minimum Gasteiger partial charge on any atom is -0.493 e. The number of nitrogens with one attached hydrogen (secondary N) is 1. The molecule has 0 spiro atoms. The average Bonchev–Trinajstić information content (AvgIpc) is 3.23. The predicted molar refractivity (Wildman–Crippen MR) is 120 cm³/mol. The highest BCUT2D eigenvalue weighted by atomic mass is 16.6. The lowest BCUT2D eigenvalue weighted by molar-refractivity contribution is -0.385. The van der Waals surface area contributed by atoms with Crippen molar-refractivity contribution < 1.29 is 19.2 Å². The number of methoxy groups -OCH3 is 1. The monoisotopic (exact) mass is 432 g/mol. The van der Waals surface area contributed by atoms with Crippen molar-refractivity contribution >= 4 is 28.3 Å². The zero-order valence-corrected chi connectivity index (χ0v) is 17.4. The highest BCUT2D eigenvalue weighted by Crippen LogP contribution is 2.35. The van der Waals surface area contributed by atoms with Gasteiger partial charge in [-0.25, -0.2) is 4.98 Å². The summed E-state index contributed by atoms with van der Waals surface area (Å²) in [6.07, 6.45) is 1.73. The van der Waals surface area contributed by atoms with E-state index in [1.165, 1.54) is 19.2 Å². The lowest BCUT2D eigenvalue weighted by Crippen LogP contribution is -2.14. The van der Waals surface area contributed by atoms with E-state index in [2.05, 4.69) is 10.3 Å². The molecule has 0 unspecified atom stereocenters. The van der Waals surface area contributed by atoms with Crippen LogP contribution in [0.1, 0.15) is 17.3 Å². The SMILES string of the molecule is CCOc1cc(C(=O)Nc2ccc(-n3cnc4ccccc43)cc2)c([N+](=O)[O-])cc1OC. The van der Waals surface area contributed by atoms with Gasteiger partial charge in [0.25, 0.3) is 11.6 Å². The Morgan fingerprint density at radius 3 is 2.56 bits per heavy atom. The third-order valence-corrected chi connectivity index (χ3v) is 4.88. The fourth-order valence-electron chi connectivity index (χ4n) is 3.38. The fraction of sp³-hybridized carbons (Fsp3) is 0.130. The van der Waals surface area contributed by atoms with Crippen molar-refractivity contribution in [1.82, 2.24) is 9.55 Å². The quantitative estimate of drug-likeness (QED) is 0.338. The van der Waals surface area contributed by atoms with Gasteiger partial charge in [0.05, 0.1) is 35.7 Å². The molecule has 9 heteroatoms. The molecule has 4 aromatic rings. The van der Waals surface area contributed by atoms with Crippen LogP contribution in [-0.4, -0.2) is 34.1 Å². The van der Waals surface area contributed by atoms with E-state index in [1.807, 2.05) is 41.0 Å². The van der Waals surface area contributed by atoms with Gasteiger partial charge in [-0.15, -0.1) is 0 Å². The van der Waals surface area contributed by atoms with Crippen molar-refractivity contribution in [2.75, 3.05) is 19.0 Å². The molecule has 1 N–H and O–H groups in total. The molecule has 9 nitrogen and oxygen atoms in total. The van der Waals surface area contributed by atoms with Gasteiger partial charge in [0.2, 0.25) is 0 Å². The maximum atomic E-state index is 12.9. The normalized spacial score (nSPS) is 10.7. The highest BCUT2D eigenvalue weighted by Gasteiger charge is 2.25. The number of nitrogens with zero attached hydrogens (tertiary/aromatic N) is 3. The molecule has 0 saturated carbocycles. The van der Waals surface area contributed by atoms with Crippen molar-refractivity contribution in [1.29, 1.82) is 0 Å². The Kier molecular flexibility index (Phi) is 5.71. The van der Waals surface area contributed by atoms with Crippen LogP contribution in [0.2, 0.25) is 0 Å². The Morgan fingerprint density at radius 1 is 1.12 bits per heavy atom. The first-order valence-corrected chi connectivity index (χ1v) is 9.85. The molecule has 0 bridgehead atoms. The molecule has 0 fully saturated rings. The number of amides is 1. The standard InChI is InChI=1S/C23H20N4O5/c1-3-32-22-12-17(20(27(29)30)13-21(22)31-2)23(28)25-15-8-10-16(11-9-15)26-14-24-18-6-4-5-7-19(18)26/h4-14H,3H2,1-2H3,(H,25,28). The van der Waals surface area contributed by atoms with E-state index in [1.54, 1.807) is 25.4 Å². The number of aromatic nitrogens is 2. The Bertz CT molecular complexity index is 1300. The molecule has 1 amide bonds. The van der Waals surface area contributed by atoms with Crippen LogP contribution in [0.15, 0.2) is 67.0 Å². The summed E-state index contributed by atoms with van der Waals surface area (Å²) < 4.78 is 12.5. The molecule has 1 aromatic heterocycles. The maximum Gasteiger partial charge on any atom is 0.286 e. The lowest BCUT2D eigenvalue weighted by atomic mass is 10.1. The van der Waals surface area contributed by atoms with Gasteiger partial charge in [-0.05, 0) is 43.3 Å². The number of nitro benzene ring substituents is 1. The Morgan fingerprint density at radius 2 is 1.88 bits per heavy atom. The smallest absolute Gasteiger partial charge is 0.286 e. The largest absolute Gasteiger partial charge is 0.493 e. The molecular formula is C23H20N4O5.